The van der Waals surface area contributed by atoms with E-state index >= 15 is 0 Å². The Kier molecular flexibility index (Phi) is 3.76. The van der Waals surface area contributed by atoms with Crippen molar-refractivity contribution in [2.24, 2.45) is 5.73 Å². The van der Waals surface area contributed by atoms with Gasteiger partial charge >= 0.3 is 0 Å². The maximum absolute atomic E-state index is 5.84. The lowest BCUT2D eigenvalue weighted by Crippen LogP contribution is -2.05. The highest BCUT2D eigenvalue weighted by molar-refractivity contribution is 7.09. The van der Waals surface area contributed by atoms with Crippen LogP contribution in [0.3, 0.4) is 0 Å². The smallest absolute Gasteiger partial charge is 0.124 e. The van der Waals surface area contributed by atoms with Crippen LogP contribution in [0, 0.1) is 6.92 Å². The third-order valence-corrected chi connectivity index (χ3v) is 3.33. The van der Waals surface area contributed by atoms with Gasteiger partial charge in [0.15, 0.2) is 0 Å². The van der Waals surface area contributed by atoms with E-state index < -0.39 is 0 Å². The molecule has 0 aliphatic carbocycles. The first-order valence-corrected chi connectivity index (χ1v) is 6.41. The standard InChI is InChI=1S/C13H16N2OS/c1-9-5-11(10(2)14)3-4-13(9)16-7-12-6-15-8-17-12/h3-6,8,10H,7,14H2,1-2H3. The van der Waals surface area contributed by atoms with Gasteiger partial charge in [0.25, 0.3) is 0 Å². The number of ether oxygens (including phenoxy) is 1. The van der Waals surface area contributed by atoms with Gasteiger partial charge in [-0.15, -0.1) is 11.3 Å². The van der Waals surface area contributed by atoms with Crippen LogP contribution in [0.25, 0.3) is 0 Å². The third-order valence-electron chi connectivity index (χ3n) is 2.58. The van der Waals surface area contributed by atoms with Gasteiger partial charge in [-0.1, -0.05) is 12.1 Å². The van der Waals surface area contributed by atoms with E-state index in [0.717, 1.165) is 21.8 Å². The third kappa shape index (κ3) is 3.05. The number of aromatic nitrogens is 1. The number of nitrogens with two attached hydrogens (primary N) is 1. The Bertz CT molecular complexity index is 480. The molecule has 1 atom stereocenters. The Hall–Kier alpha value is -1.39. The summed E-state index contributed by atoms with van der Waals surface area (Å²) < 4.78 is 5.75. The molecule has 0 aliphatic rings. The van der Waals surface area contributed by atoms with Crippen molar-refractivity contribution in [2.75, 3.05) is 0 Å². The van der Waals surface area contributed by atoms with E-state index in [1.807, 2.05) is 37.7 Å². The van der Waals surface area contributed by atoms with Crippen LogP contribution in [0.5, 0.6) is 5.75 Å². The molecule has 0 saturated carbocycles. The normalized spacial score (nSPS) is 12.4. The van der Waals surface area contributed by atoms with Crippen LogP contribution in [-0.4, -0.2) is 4.98 Å². The van der Waals surface area contributed by atoms with Crippen LogP contribution < -0.4 is 10.5 Å². The SMILES string of the molecule is Cc1cc(C(C)N)ccc1OCc1cncs1. The van der Waals surface area contributed by atoms with Gasteiger partial charge < -0.3 is 10.5 Å². The predicted octanol–water partition coefficient (Wildman–Crippen LogP) is 3.05. The van der Waals surface area contributed by atoms with Gasteiger partial charge in [-0.05, 0) is 31.0 Å². The molecule has 1 aromatic carbocycles. The minimum atomic E-state index is 0.0595. The van der Waals surface area contributed by atoms with Crippen molar-refractivity contribution in [3.8, 4) is 5.75 Å². The molecule has 0 bridgehead atoms. The summed E-state index contributed by atoms with van der Waals surface area (Å²) in [5.74, 6) is 0.905. The number of aryl methyl sites for hydroxylation is 1. The minimum Gasteiger partial charge on any atom is -0.488 e. The van der Waals surface area contributed by atoms with Crippen LogP contribution in [0.1, 0.15) is 29.0 Å². The second kappa shape index (κ2) is 5.29. The zero-order valence-electron chi connectivity index (χ0n) is 10.0. The fourth-order valence-electron chi connectivity index (χ4n) is 1.58. The van der Waals surface area contributed by atoms with Gasteiger partial charge in [0.1, 0.15) is 12.4 Å². The lowest BCUT2D eigenvalue weighted by Gasteiger charge is -2.11. The topological polar surface area (TPSA) is 48.1 Å². The van der Waals surface area contributed by atoms with Crippen molar-refractivity contribution in [1.82, 2.24) is 4.98 Å². The molecule has 2 rings (SSSR count). The molecule has 0 aliphatic heterocycles. The Morgan fingerprint density at radius 3 is 2.88 bits per heavy atom. The molecular formula is C13H16N2OS. The molecule has 0 amide bonds. The summed E-state index contributed by atoms with van der Waals surface area (Å²) in [6.45, 7) is 4.59. The fourth-order valence-corrected chi connectivity index (χ4v) is 2.09. The first-order valence-electron chi connectivity index (χ1n) is 5.53. The zero-order valence-corrected chi connectivity index (χ0v) is 10.8. The molecule has 1 heterocycles. The molecule has 2 N–H and O–H groups in total. The largest absolute Gasteiger partial charge is 0.488 e. The molecule has 90 valence electrons. The number of benzene rings is 1. The summed E-state index contributed by atoms with van der Waals surface area (Å²) in [5.41, 5.74) is 9.89. The number of hydrogen-bond acceptors (Lipinski definition) is 4. The summed E-state index contributed by atoms with van der Waals surface area (Å²) in [5, 5.41) is 0. The molecule has 4 heteroatoms. The van der Waals surface area contributed by atoms with Crippen LogP contribution in [0.4, 0.5) is 0 Å². The predicted molar refractivity (Wildman–Crippen MR) is 70.2 cm³/mol. The van der Waals surface area contributed by atoms with Crippen LogP contribution >= 0.6 is 11.3 Å². The molecular weight excluding hydrogens is 232 g/mol. The number of thiazole rings is 1. The molecule has 0 fully saturated rings. The first kappa shape index (κ1) is 12.1. The van der Waals surface area contributed by atoms with Crippen molar-refractivity contribution >= 4 is 11.3 Å². The average molecular weight is 248 g/mol. The number of hydrogen-bond donors (Lipinski definition) is 1. The van der Waals surface area contributed by atoms with Gasteiger partial charge in [0, 0.05) is 12.2 Å². The molecule has 1 unspecified atom stereocenters. The summed E-state index contributed by atoms with van der Waals surface area (Å²) in [4.78, 5) is 5.14. The monoisotopic (exact) mass is 248 g/mol. The summed E-state index contributed by atoms with van der Waals surface area (Å²) >= 11 is 1.60. The summed E-state index contributed by atoms with van der Waals surface area (Å²) in [7, 11) is 0. The lowest BCUT2D eigenvalue weighted by molar-refractivity contribution is 0.307. The van der Waals surface area contributed by atoms with Crippen LogP contribution in [0.2, 0.25) is 0 Å². The second-order valence-corrected chi connectivity index (χ2v) is 5.04. The lowest BCUT2D eigenvalue weighted by atomic mass is 10.1. The Morgan fingerprint density at radius 1 is 1.47 bits per heavy atom. The van der Waals surface area contributed by atoms with Crippen molar-refractivity contribution in [3.05, 3.63) is 45.9 Å². The molecule has 1 aromatic heterocycles. The van der Waals surface area contributed by atoms with Crippen LogP contribution in [-0.2, 0) is 6.61 Å². The molecule has 3 nitrogen and oxygen atoms in total. The molecule has 0 radical (unpaired) electrons. The maximum Gasteiger partial charge on any atom is 0.124 e. The van der Waals surface area contributed by atoms with Crippen molar-refractivity contribution in [1.29, 1.82) is 0 Å². The van der Waals surface area contributed by atoms with E-state index in [1.54, 1.807) is 11.3 Å². The van der Waals surface area contributed by atoms with Gasteiger partial charge in [-0.2, -0.15) is 0 Å². The van der Waals surface area contributed by atoms with E-state index in [1.165, 1.54) is 0 Å². The van der Waals surface area contributed by atoms with Crippen LogP contribution in [0.15, 0.2) is 29.9 Å². The van der Waals surface area contributed by atoms with E-state index in [2.05, 4.69) is 11.1 Å². The second-order valence-electron chi connectivity index (χ2n) is 4.07. The highest BCUT2D eigenvalue weighted by Crippen LogP contribution is 2.23. The molecule has 0 saturated heterocycles. The van der Waals surface area contributed by atoms with E-state index in [4.69, 9.17) is 10.5 Å². The first-order chi connectivity index (χ1) is 8.16. The van der Waals surface area contributed by atoms with E-state index in [9.17, 15) is 0 Å². The highest BCUT2D eigenvalue weighted by Gasteiger charge is 2.05. The highest BCUT2D eigenvalue weighted by atomic mass is 32.1. The number of rotatable bonds is 4. The maximum atomic E-state index is 5.84. The molecule has 17 heavy (non-hydrogen) atoms. The fraction of sp³-hybridized carbons (Fsp3) is 0.308. The van der Waals surface area contributed by atoms with Gasteiger partial charge in [-0.3, -0.25) is 4.98 Å². The summed E-state index contributed by atoms with van der Waals surface area (Å²) in [6.07, 6.45) is 1.83. The van der Waals surface area contributed by atoms with Crippen molar-refractivity contribution < 1.29 is 4.74 Å². The zero-order chi connectivity index (χ0) is 12.3. The average Bonchev–Trinajstić information content (AvgIpc) is 2.80. The van der Waals surface area contributed by atoms with Crippen molar-refractivity contribution in [3.63, 3.8) is 0 Å². The van der Waals surface area contributed by atoms with Gasteiger partial charge in [0.05, 0.1) is 10.4 Å². The minimum absolute atomic E-state index is 0.0595. The Labute approximate surface area is 105 Å². The van der Waals surface area contributed by atoms with Crippen molar-refractivity contribution in [2.45, 2.75) is 26.5 Å². The molecule has 0 spiro atoms. The Morgan fingerprint density at radius 2 is 2.29 bits per heavy atom. The van der Waals surface area contributed by atoms with Gasteiger partial charge in [-0.25, -0.2) is 0 Å². The molecule has 2 aromatic rings. The van der Waals surface area contributed by atoms with E-state index in [0.29, 0.717) is 6.61 Å². The Balaban J connectivity index is 2.06. The quantitative estimate of drug-likeness (QED) is 0.904. The van der Waals surface area contributed by atoms with Gasteiger partial charge in [0.2, 0.25) is 0 Å². The summed E-state index contributed by atoms with van der Waals surface area (Å²) in [6, 6.07) is 6.13. The van der Waals surface area contributed by atoms with E-state index in [-0.39, 0.29) is 6.04 Å². The number of nitrogens with zero attached hydrogens (tertiary/aromatic N) is 1.